The Hall–Kier alpha value is -2.57. The van der Waals surface area contributed by atoms with Gasteiger partial charge in [0.05, 0.1) is 0 Å². The molecule has 7 nitrogen and oxygen atoms in total. The highest BCUT2D eigenvalue weighted by Crippen LogP contribution is 2.09. The van der Waals surface area contributed by atoms with E-state index >= 15 is 0 Å². The van der Waals surface area contributed by atoms with Crippen molar-refractivity contribution < 1.29 is 24.2 Å². The van der Waals surface area contributed by atoms with E-state index in [2.05, 4.69) is 0 Å². The maximum absolute atomic E-state index is 12.0. The van der Waals surface area contributed by atoms with Crippen LogP contribution in [0.5, 0.6) is 5.75 Å². The van der Waals surface area contributed by atoms with Crippen molar-refractivity contribution in [3.63, 3.8) is 0 Å². The Labute approximate surface area is 121 Å². The Morgan fingerprint density at radius 1 is 1.00 bits per heavy atom. The van der Waals surface area contributed by atoms with E-state index in [0.29, 0.717) is 5.75 Å². The maximum Gasteiger partial charge on any atom is 0.269 e. The summed E-state index contributed by atoms with van der Waals surface area (Å²) in [5, 5.41) is 10.5. The van der Waals surface area contributed by atoms with Crippen molar-refractivity contribution in [2.45, 2.75) is 0 Å². The van der Waals surface area contributed by atoms with Gasteiger partial charge in [-0.25, -0.2) is 0 Å². The van der Waals surface area contributed by atoms with Crippen molar-refractivity contribution in [1.82, 2.24) is 9.80 Å². The lowest BCUT2D eigenvalue weighted by Crippen LogP contribution is -2.55. The number of aliphatic carboxylic acids is 1. The molecule has 1 aromatic carbocycles. The molecule has 0 aliphatic carbocycles. The average molecular weight is 291 g/mol. The molecule has 0 N–H and O–H groups in total. The molecule has 1 heterocycles. The van der Waals surface area contributed by atoms with Crippen molar-refractivity contribution >= 4 is 17.8 Å². The molecule has 2 amide bonds. The highest BCUT2D eigenvalue weighted by molar-refractivity contribution is 6.30. The molecule has 112 valence electrons. The van der Waals surface area contributed by atoms with Crippen LogP contribution in [-0.2, 0) is 14.4 Å². The van der Waals surface area contributed by atoms with Gasteiger partial charge >= 0.3 is 0 Å². The van der Waals surface area contributed by atoms with Crippen LogP contribution < -0.4 is 9.84 Å². The van der Waals surface area contributed by atoms with Crippen LogP contribution in [0.15, 0.2) is 30.3 Å². The number of rotatable bonds is 3. The normalized spacial score (nSPS) is 14.7. The topological polar surface area (TPSA) is 90.0 Å². The standard InChI is InChI=1S/C14H16N2O5/c17-12(10-21-11-4-2-1-3-5-11)15-6-8-16(9-7-15)13(18)14(19)20/h1-5H,6-10H2,(H,19,20)/p-1. The van der Waals surface area contributed by atoms with Crippen LogP contribution in [0.4, 0.5) is 0 Å². The molecule has 1 aliphatic heterocycles. The molecule has 0 atom stereocenters. The molecule has 0 radical (unpaired) electrons. The molecule has 1 aliphatic rings. The van der Waals surface area contributed by atoms with E-state index < -0.39 is 11.9 Å². The minimum absolute atomic E-state index is 0.0849. The Morgan fingerprint density at radius 2 is 1.57 bits per heavy atom. The Bertz CT molecular complexity index is 523. The van der Waals surface area contributed by atoms with Gasteiger partial charge in [-0.2, -0.15) is 0 Å². The molecule has 0 aromatic heterocycles. The van der Waals surface area contributed by atoms with Crippen molar-refractivity contribution in [2.24, 2.45) is 0 Å². The molecular weight excluding hydrogens is 276 g/mol. The van der Waals surface area contributed by atoms with Crippen LogP contribution in [0, 0.1) is 0 Å². The van der Waals surface area contributed by atoms with Crippen LogP contribution in [0.2, 0.25) is 0 Å². The number of nitrogens with zero attached hydrogens (tertiary/aromatic N) is 2. The number of piperazine rings is 1. The molecule has 0 spiro atoms. The lowest BCUT2D eigenvalue weighted by molar-refractivity contribution is -0.301. The Morgan fingerprint density at radius 3 is 2.14 bits per heavy atom. The molecule has 2 rings (SSSR count). The van der Waals surface area contributed by atoms with Gasteiger partial charge in [0.25, 0.3) is 11.8 Å². The summed E-state index contributed by atoms with van der Waals surface area (Å²) in [4.78, 5) is 36.3. The van der Waals surface area contributed by atoms with Gasteiger partial charge in [0, 0.05) is 26.2 Å². The summed E-state index contributed by atoms with van der Waals surface area (Å²) in [6.07, 6.45) is 0. The van der Waals surface area contributed by atoms with E-state index in [-0.39, 0.29) is 38.7 Å². The smallest absolute Gasteiger partial charge is 0.269 e. The molecule has 0 saturated carbocycles. The SMILES string of the molecule is O=C([O-])C(=O)N1CCN(C(=O)COc2ccccc2)CC1. The zero-order chi connectivity index (χ0) is 15.2. The third kappa shape index (κ3) is 3.95. The number of hydrogen-bond donors (Lipinski definition) is 0. The minimum Gasteiger partial charge on any atom is -0.540 e. The summed E-state index contributed by atoms with van der Waals surface area (Å²) >= 11 is 0. The van der Waals surface area contributed by atoms with Crippen LogP contribution >= 0.6 is 0 Å². The van der Waals surface area contributed by atoms with E-state index in [1.54, 1.807) is 17.0 Å². The number of amides is 2. The van der Waals surface area contributed by atoms with E-state index in [1.165, 1.54) is 0 Å². The van der Waals surface area contributed by atoms with Gasteiger partial charge < -0.3 is 24.4 Å². The lowest BCUT2D eigenvalue weighted by Gasteiger charge is -2.34. The number of para-hydroxylation sites is 1. The van der Waals surface area contributed by atoms with Gasteiger partial charge in [0.1, 0.15) is 11.7 Å². The van der Waals surface area contributed by atoms with Gasteiger partial charge in [-0.15, -0.1) is 0 Å². The Balaban J connectivity index is 1.78. The predicted octanol–water partition coefficient (Wildman–Crippen LogP) is -1.51. The average Bonchev–Trinajstić information content (AvgIpc) is 2.53. The summed E-state index contributed by atoms with van der Waals surface area (Å²) in [5.74, 6) is -2.35. The largest absolute Gasteiger partial charge is 0.540 e. The van der Waals surface area contributed by atoms with E-state index in [4.69, 9.17) is 4.74 Å². The van der Waals surface area contributed by atoms with Crippen molar-refractivity contribution in [2.75, 3.05) is 32.8 Å². The second-order valence-electron chi connectivity index (χ2n) is 4.56. The van der Waals surface area contributed by atoms with E-state index in [1.807, 2.05) is 18.2 Å². The van der Waals surface area contributed by atoms with Crippen LogP contribution in [0.1, 0.15) is 0 Å². The second kappa shape index (κ2) is 6.74. The number of carboxylic acids is 1. The fraction of sp³-hybridized carbons (Fsp3) is 0.357. The second-order valence-corrected chi connectivity index (χ2v) is 4.56. The quantitative estimate of drug-likeness (QED) is 0.631. The fourth-order valence-corrected chi connectivity index (χ4v) is 2.04. The van der Waals surface area contributed by atoms with Crippen molar-refractivity contribution in [1.29, 1.82) is 0 Å². The molecule has 1 aromatic rings. The first-order valence-corrected chi connectivity index (χ1v) is 6.54. The molecule has 1 fully saturated rings. The molecule has 0 unspecified atom stereocenters. The van der Waals surface area contributed by atoms with Gasteiger partial charge in [0.2, 0.25) is 0 Å². The van der Waals surface area contributed by atoms with Crippen molar-refractivity contribution in [3.05, 3.63) is 30.3 Å². The number of carbonyl (C=O) groups is 3. The first-order valence-electron chi connectivity index (χ1n) is 6.54. The first kappa shape index (κ1) is 14.8. The summed E-state index contributed by atoms with van der Waals surface area (Å²) in [6, 6.07) is 8.98. The van der Waals surface area contributed by atoms with Crippen molar-refractivity contribution in [3.8, 4) is 5.75 Å². The molecule has 7 heteroatoms. The highest BCUT2D eigenvalue weighted by atomic mass is 16.5. The number of ether oxygens (including phenoxy) is 1. The third-order valence-corrected chi connectivity index (χ3v) is 3.20. The maximum atomic E-state index is 12.0. The molecular formula is C14H15N2O5-. The number of carboxylic acid groups (broad SMARTS) is 1. The molecule has 0 bridgehead atoms. The minimum atomic E-state index is -1.72. The highest BCUT2D eigenvalue weighted by Gasteiger charge is 2.24. The lowest BCUT2D eigenvalue weighted by atomic mass is 10.3. The van der Waals surface area contributed by atoms with E-state index in [9.17, 15) is 19.5 Å². The van der Waals surface area contributed by atoms with E-state index in [0.717, 1.165) is 4.90 Å². The number of carbonyl (C=O) groups excluding carboxylic acids is 3. The molecule has 1 saturated heterocycles. The number of benzene rings is 1. The third-order valence-electron chi connectivity index (χ3n) is 3.20. The summed E-state index contributed by atoms with van der Waals surface area (Å²) in [6.45, 7) is 0.859. The molecule has 21 heavy (non-hydrogen) atoms. The van der Waals surface area contributed by atoms with Gasteiger partial charge in [-0.3, -0.25) is 9.59 Å². The zero-order valence-corrected chi connectivity index (χ0v) is 11.4. The summed E-state index contributed by atoms with van der Waals surface area (Å²) in [5.41, 5.74) is 0. The first-order chi connectivity index (χ1) is 10.1. The van der Waals surface area contributed by atoms with Crippen LogP contribution in [-0.4, -0.2) is 60.4 Å². The zero-order valence-electron chi connectivity index (χ0n) is 11.4. The predicted molar refractivity (Wildman–Crippen MR) is 70.1 cm³/mol. The van der Waals surface area contributed by atoms with Crippen LogP contribution in [0.25, 0.3) is 0 Å². The number of hydrogen-bond acceptors (Lipinski definition) is 5. The fourth-order valence-electron chi connectivity index (χ4n) is 2.04. The Kier molecular flexibility index (Phi) is 4.76. The van der Waals surface area contributed by atoms with Crippen LogP contribution in [0.3, 0.4) is 0 Å². The van der Waals surface area contributed by atoms with Gasteiger partial charge in [0.15, 0.2) is 6.61 Å². The monoisotopic (exact) mass is 291 g/mol. The summed E-state index contributed by atoms with van der Waals surface area (Å²) in [7, 11) is 0. The summed E-state index contributed by atoms with van der Waals surface area (Å²) < 4.78 is 5.36. The van der Waals surface area contributed by atoms with Gasteiger partial charge in [-0.1, -0.05) is 18.2 Å². The van der Waals surface area contributed by atoms with Gasteiger partial charge in [-0.05, 0) is 12.1 Å².